The van der Waals surface area contributed by atoms with Crippen molar-refractivity contribution in [3.8, 4) is 0 Å². The standard InChI is InChI=1S/C6H13NO2/c1-4(7)3-8-6-5(2)9-6/h4-6H,3,7H2,1-2H3. The fourth-order valence-electron chi connectivity index (χ4n) is 0.588. The van der Waals surface area contributed by atoms with Gasteiger partial charge >= 0.3 is 0 Å². The molecule has 3 nitrogen and oxygen atoms in total. The molecule has 0 aromatic rings. The lowest BCUT2D eigenvalue weighted by molar-refractivity contribution is 0.0442. The highest BCUT2D eigenvalue weighted by atomic mass is 16.8. The fourth-order valence-corrected chi connectivity index (χ4v) is 0.588. The highest BCUT2D eigenvalue weighted by Crippen LogP contribution is 2.21. The third-order valence-corrected chi connectivity index (χ3v) is 1.18. The predicted octanol–water partition coefficient (Wildman–Crippen LogP) is 0.0950. The lowest BCUT2D eigenvalue weighted by Crippen LogP contribution is -2.22. The highest BCUT2D eigenvalue weighted by Gasteiger charge is 2.35. The predicted molar refractivity (Wildman–Crippen MR) is 33.9 cm³/mol. The second-order valence-electron chi connectivity index (χ2n) is 2.52. The number of ether oxygens (including phenoxy) is 2. The first-order chi connectivity index (χ1) is 4.20. The molecule has 0 saturated carbocycles. The molecular weight excluding hydrogens is 118 g/mol. The average molecular weight is 131 g/mol. The van der Waals surface area contributed by atoms with Gasteiger partial charge in [0.2, 0.25) is 0 Å². The summed E-state index contributed by atoms with van der Waals surface area (Å²) in [6.07, 6.45) is 0.305. The van der Waals surface area contributed by atoms with Gasteiger partial charge < -0.3 is 15.2 Å². The number of nitrogens with two attached hydrogens (primary N) is 1. The number of hydrogen-bond acceptors (Lipinski definition) is 3. The zero-order valence-electron chi connectivity index (χ0n) is 5.83. The molecule has 1 saturated heterocycles. The van der Waals surface area contributed by atoms with Gasteiger partial charge in [-0.05, 0) is 13.8 Å². The zero-order chi connectivity index (χ0) is 6.85. The Hall–Kier alpha value is -0.120. The van der Waals surface area contributed by atoms with Crippen molar-refractivity contribution in [2.24, 2.45) is 5.73 Å². The number of hydrogen-bond donors (Lipinski definition) is 1. The van der Waals surface area contributed by atoms with E-state index >= 15 is 0 Å². The van der Waals surface area contributed by atoms with Crippen LogP contribution in [0.3, 0.4) is 0 Å². The molecule has 1 heterocycles. The average Bonchev–Trinajstić information content (AvgIpc) is 2.42. The van der Waals surface area contributed by atoms with E-state index in [2.05, 4.69) is 0 Å². The van der Waals surface area contributed by atoms with Gasteiger partial charge in [0.25, 0.3) is 0 Å². The summed E-state index contributed by atoms with van der Waals surface area (Å²) in [7, 11) is 0. The Morgan fingerprint density at radius 2 is 2.33 bits per heavy atom. The molecule has 1 aliphatic rings. The van der Waals surface area contributed by atoms with Gasteiger partial charge in [-0.15, -0.1) is 0 Å². The van der Waals surface area contributed by atoms with E-state index in [1.165, 1.54) is 0 Å². The van der Waals surface area contributed by atoms with Gasteiger partial charge in [-0.1, -0.05) is 0 Å². The van der Waals surface area contributed by atoms with E-state index in [0.717, 1.165) is 0 Å². The summed E-state index contributed by atoms with van der Waals surface area (Å²) in [6.45, 7) is 4.48. The lowest BCUT2D eigenvalue weighted by Gasteiger charge is -2.02. The van der Waals surface area contributed by atoms with Crippen LogP contribution in [0, 0.1) is 0 Å². The van der Waals surface area contributed by atoms with Crippen molar-refractivity contribution in [1.82, 2.24) is 0 Å². The van der Waals surface area contributed by atoms with Crippen molar-refractivity contribution in [2.45, 2.75) is 32.3 Å². The van der Waals surface area contributed by atoms with Crippen molar-refractivity contribution >= 4 is 0 Å². The third kappa shape index (κ3) is 2.30. The quantitative estimate of drug-likeness (QED) is 0.552. The van der Waals surface area contributed by atoms with Crippen LogP contribution in [-0.2, 0) is 9.47 Å². The summed E-state index contributed by atoms with van der Waals surface area (Å²) in [5.74, 6) is 0. The summed E-state index contributed by atoms with van der Waals surface area (Å²) in [4.78, 5) is 0. The molecule has 1 aliphatic heterocycles. The summed E-state index contributed by atoms with van der Waals surface area (Å²) < 4.78 is 10.2. The van der Waals surface area contributed by atoms with Crippen molar-refractivity contribution < 1.29 is 9.47 Å². The van der Waals surface area contributed by atoms with Gasteiger partial charge in [0.15, 0.2) is 6.29 Å². The molecule has 0 aromatic heterocycles. The Balaban J connectivity index is 1.94. The van der Waals surface area contributed by atoms with E-state index in [4.69, 9.17) is 15.2 Å². The van der Waals surface area contributed by atoms with Gasteiger partial charge in [0.05, 0.1) is 6.61 Å². The van der Waals surface area contributed by atoms with Crippen LogP contribution in [0.4, 0.5) is 0 Å². The van der Waals surface area contributed by atoms with Crippen molar-refractivity contribution in [1.29, 1.82) is 0 Å². The van der Waals surface area contributed by atoms with Crippen LogP contribution in [0.15, 0.2) is 0 Å². The second-order valence-corrected chi connectivity index (χ2v) is 2.52. The van der Waals surface area contributed by atoms with Crippen LogP contribution < -0.4 is 5.73 Å². The molecule has 3 unspecified atom stereocenters. The molecule has 9 heavy (non-hydrogen) atoms. The Morgan fingerprint density at radius 3 is 2.67 bits per heavy atom. The molecule has 0 aromatic carbocycles. The molecule has 1 rings (SSSR count). The SMILES string of the molecule is CC(N)COC1OC1C. The molecule has 0 amide bonds. The molecule has 0 aliphatic carbocycles. The normalized spacial score (nSPS) is 36.3. The smallest absolute Gasteiger partial charge is 0.184 e. The van der Waals surface area contributed by atoms with Crippen LogP contribution >= 0.6 is 0 Å². The van der Waals surface area contributed by atoms with Crippen molar-refractivity contribution in [3.05, 3.63) is 0 Å². The molecule has 3 heteroatoms. The lowest BCUT2D eigenvalue weighted by atomic mass is 10.4. The van der Waals surface area contributed by atoms with Crippen molar-refractivity contribution in [3.63, 3.8) is 0 Å². The summed E-state index contributed by atoms with van der Waals surface area (Å²) in [5, 5.41) is 0. The number of rotatable bonds is 3. The minimum absolute atomic E-state index is 0.0241. The van der Waals surface area contributed by atoms with E-state index in [-0.39, 0.29) is 18.4 Å². The summed E-state index contributed by atoms with van der Waals surface area (Å²) in [5.41, 5.74) is 5.43. The van der Waals surface area contributed by atoms with Gasteiger partial charge in [-0.3, -0.25) is 0 Å². The molecule has 0 spiro atoms. The topological polar surface area (TPSA) is 47.8 Å². The first-order valence-corrected chi connectivity index (χ1v) is 3.23. The van der Waals surface area contributed by atoms with E-state index in [1.807, 2.05) is 13.8 Å². The van der Waals surface area contributed by atoms with Crippen LogP contribution in [0.1, 0.15) is 13.8 Å². The second kappa shape index (κ2) is 2.64. The van der Waals surface area contributed by atoms with Crippen LogP contribution in [0.2, 0.25) is 0 Å². The molecule has 0 radical (unpaired) electrons. The zero-order valence-corrected chi connectivity index (χ0v) is 5.83. The van der Waals surface area contributed by atoms with Crippen LogP contribution in [-0.4, -0.2) is 25.0 Å². The first kappa shape index (κ1) is 6.99. The molecular formula is C6H13NO2. The molecule has 0 bridgehead atoms. The Morgan fingerprint density at radius 1 is 1.78 bits per heavy atom. The third-order valence-electron chi connectivity index (χ3n) is 1.18. The van der Waals surface area contributed by atoms with Crippen LogP contribution in [0.5, 0.6) is 0 Å². The van der Waals surface area contributed by atoms with E-state index in [1.54, 1.807) is 0 Å². The summed E-state index contributed by atoms with van der Waals surface area (Å²) >= 11 is 0. The monoisotopic (exact) mass is 131 g/mol. The maximum absolute atomic E-state index is 5.43. The minimum Gasteiger partial charge on any atom is -0.348 e. The Labute approximate surface area is 55.1 Å². The number of epoxide rings is 1. The Kier molecular flexibility index (Phi) is 2.05. The fraction of sp³-hybridized carbons (Fsp3) is 1.00. The molecule has 2 N–H and O–H groups in total. The molecule has 3 atom stereocenters. The maximum Gasteiger partial charge on any atom is 0.184 e. The van der Waals surface area contributed by atoms with Gasteiger partial charge in [-0.25, -0.2) is 0 Å². The van der Waals surface area contributed by atoms with Gasteiger partial charge in [-0.2, -0.15) is 0 Å². The first-order valence-electron chi connectivity index (χ1n) is 3.23. The Bertz CT molecular complexity index is 95.1. The van der Waals surface area contributed by atoms with E-state index in [9.17, 15) is 0 Å². The minimum atomic E-state index is 0.0241. The van der Waals surface area contributed by atoms with E-state index < -0.39 is 0 Å². The van der Waals surface area contributed by atoms with Gasteiger partial charge in [0, 0.05) is 6.04 Å². The van der Waals surface area contributed by atoms with Crippen molar-refractivity contribution in [2.75, 3.05) is 6.61 Å². The maximum atomic E-state index is 5.43. The summed E-state index contributed by atoms with van der Waals surface area (Å²) in [6, 6.07) is 0.112. The van der Waals surface area contributed by atoms with E-state index in [0.29, 0.717) is 6.61 Å². The van der Waals surface area contributed by atoms with Crippen LogP contribution in [0.25, 0.3) is 0 Å². The molecule has 54 valence electrons. The highest BCUT2D eigenvalue weighted by molar-refractivity contribution is 4.70. The molecule has 1 fully saturated rings. The largest absolute Gasteiger partial charge is 0.348 e. The van der Waals surface area contributed by atoms with Gasteiger partial charge in [0.1, 0.15) is 6.10 Å².